The van der Waals surface area contributed by atoms with Gasteiger partial charge in [0.15, 0.2) is 0 Å². The first kappa shape index (κ1) is 28.8. The Morgan fingerprint density at radius 3 is 1.21 bits per heavy atom. The molecule has 1 aliphatic heterocycles. The van der Waals surface area contributed by atoms with Crippen LogP contribution in [-0.2, 0) is 0 Å². The van der Waals surface area contributed by atoms with E-state index in [0.29, 0.717) is 6.17 Å². The van der Waals surface area contributed by atoms with Crippen LogP contribution in [0.5, 0.6) is 0 Å². The van der Waals surface area contributed by atoms with Gasteiger partial charge >= 0.3 is 0 Å². The Labute approximate surface area is 213 Å². The third-order valence-corrected chi connectivity index (χ3v) is 7.47. The van der Waals surface area contributed by atoms with E-state index in [4.69, 9.17) is 0 Å². The molecule has 2 heteroatoms. The molecule has 0 radical (unpaired) electrons. The standard InChI is InChI=1S/C32H56N2/c1-3-5-7-9-11-12-13-14-15-17-19-24-28-34-30-29-33(27-23-18-16-10-8-6-4-2)32(34)31-25-21-20-22-26-31/h20-22,25-26,29-30,32H,3-19,23-24,27-28H2,1-2H3. The third kappa shape index (κ3) is 12.3. The van der Waals surface area contributed by atoms with E-state index in [1.54, 1.807) is 0 Å². The average Bonchev–Trinajstić information content (AvgIpc) is 3.27. The van der Waals surface area contributed by atoms with Crippen molar-refractivity contribution in [3.63, 3.8) is 0 Å². The van der Waals surface area contributed by atoms with Gasteiger partial charge in [-0.2, -0.15) is 0 Å². The van der Waals surface area contributed by atoms with Crippen LogP contribution in [0.25, 0.3) is 0 Å². The molecular weight excluding hydrogens is 412 g/mol. The summed E-state index contributed by atoms with van der Waals surface area (Å²) in [6.07, 6.45) is 31.8. The van der Waals surface area contributed by atoms with Gasteiger partial charge in [0.1, 0.15) is 6.17 Å². The molecule has 2 rings (SSSR count). The zero-order valence-electron chi connectivity index (χ0n) is 22.9. The maximum Gasteiger partial charge on any atom is 0.127 e. The van der Waals surface area contributed by atoms with Crippen molar-refractivity contribution < 1.29 is 0 Å². The largest absolute Gasteiger partial charge is 0.352 e. The quantitative estimate of drug-likeness (QED) is 0.156. The highest BCUT2D eigenvalue weighted by molar-refractivity contribution is 5.21. The highest BCUT2D eigenvalue weighted by atomic mass is 15.4. The molecule has 0 spiro atoms. The Morgan fingerprint density at radius 2 is 0.824 bits per heavy atom. The van der Waals surface area contributed by atoms with Crippen LogP contribution in [0.3, 0.4) is 0 Å². The summed E-state index contributed by atoms with van der Waals surface area (Å²) in [7, 11) is 0. The Balaban J connectivity index is 1.61. The van der Waals surface area contributed by atoms with Crippen molar-refractivity contribution in [1.82, 2.24) is 9.80 Å². The topological polar surface area (TPSA) is 6.48 Å². The second-order valence-corrected chi connectivity index (χ2v) is 10.6. The van der Waals surface area contributed by atoms with Crippen molar-refractivity contribution in [2.24, 2.45) is 0 Å². The number of nitrogens with zero attached hydrogens (tertiary/aromatic N) is 2. The molecule has 1 aromatic carbocycles. The van der Waals surface area contributed by atoms with Crippen LogP contribution in [-0.4, -0.2) is 22.9 Å². The minimum Gasteiger partial charge on any atom is -0.352 e. The molecule has 1 unspecified atom stereocenters. The molecule has 1 atom stereocenters. The van der Waals surface area contributed by atoms with Crippen molar-refractivity contribution in [3.05, 3.63) is 48.3 Å². The molecule has 194 valence electrons. The smallest absolute Gasteiger partial charge is 0.127 e. The maximum absolute atomic E-state index is 2.59. The molecule has 1 aromatic rings. The fraction of sp³-hybridized carbons (Fsp3) is 0.750. The van der Waals surface area contributed by atoms with Gasteiger partial charge in [-0.05, 0) is 18.4 Å². The van der Waals surface area contributed by atoms with E-state index in [2.05, 4.69) is 66.4 Å². The first-order chi connectivity index (χ1) is 16.9. The summed E-state index contributed by atoms with van der Waals surface area (Å²) in [4.78, 5) is 5.18. The molecule has 0 fully saturated rings. The van der Waals surface area contributed by atoms with Crippen molar-refractivity contribution in [1.29, 1.82) is 0 Å². The second-order valence-electron chi connectivity index (χ2n) is 10.6. The molecule has 0 saturated carbocycles. The molecule has 0 amide bonds. The Hall–Kier alpha value is -1.44. The van der Waals surface area contributed by atoms with Crippen LogP contribution < -0.4 is 0 Å². The molecule has 1 aliphatic rings. The number of hydrogen-bond acceptors (Lipinski definition) is 2. The van der Waals surface area contributed by atoms with Crippen molar-refractivity contribution >= 4 is 0 Å². The Morgan fingerprint density at radius 1 is 0.471 bits per heavy atom. The highest BCUT2D eigenvalue weighted by Crippen LogP contribution is 2.31. The van der Waals surface area contributed by atoms with Gasteiger partial charge in [-0.1, -0.05) is 153 Å². The van der Waals surface area contributed by atoms with E-state index in [9.17, 15) is 0 Å². The molecule has 0 N–H and O–H groups in total. The van der Waals surface area contributed by atoms with E-state index in [-0.39, 0.29) is 0 Å². The summed E-state index contributed by atoms with van der Waals surface area (Å²) in [5.41, 5.74) is 1.44. The van der Waals surface area contributed by atoms with Crippen molar-refractivity contribution in [3.8, 4) is 0 Å². The summed E-state index contributed by atoms with van der Waals surface area (Å²) >= 11 is 0. The van der Waals surface area contributed by atoms with Crippen LogP contribution in [0.1, 0.15) is 148 Å². The summed E-state index contributed by atoms with van der Waals surface area (Å²) in [5.74, 6) is 0. The van der Waals surface area contributed by atoms with E-state index < -0.39 is 0 Å². The molecule has 0 bridgehead atoms. The Kier molecular flexibility index (Phi) is 16.8. The summed E-state index contributed by atoms with van der Waals surface area (Å²) in [6, 6.07) is 11.2. The molecule has 34 heavy (non-hydrogen) atoms. The molecule has 0 aromatic heterocycles. The number of benzene rings is 1. The van der Waals surface area contributed by atoms with Gasteiger partial charge in [0.25, 0.3) is 0 Å². The van der Waals surface area contributed by atoms with Crippen LogP contribution >= 0.6 is 0 Å². The van der Waals surface area contributed by atoms with Crippen molar-refractivity contribution in [2.45, 2.75) is 142 Å². The number of rotatable bonds is 22. The molecule has 0 saturated heterocycles. The van der Waals surface area contributed by atoms with Gasteiger partial charge in [0.2, 0.25) is 0 Å². The predicted molar refractivity (Wildman–Crippen MR) is 151 cm³/mol. The van der Waals surface area contributed by atoms with Gasteiger partial charge in [-0.25, -0.2) is 0 Å². The number of hydrogen-bond donors (Lipinski definition) is 0. The van der Waals surface area contributed by atoms with Crippen LogP contribution in [0.4, 0.5) is 0 Å². The van der Waals surface area contributed by atoms with Crippen LogP contribution in [0, 0.1) is 0 Å². The van der Waals surface area contributed by atoms with Gasteiger partial charge in [0, 0.05) is 25.5 Å². The van der Waals surface area contributed by atoms with Gasteiger partial charge in [-0.3, -0.25) is 0 Å². The summed E-state index contributed by atoms with van der Waals surface area (Å²) in [5, 5.41) is 0. The lowest BCUT2D eigenvalue weighted by molar-refractivity contribution is 0.149. The summed E-state index contributed by atoms with van der Waals surface area (Å²) < 4.78 is 0. The van der Waals surface area contributed by atoms with E-state index in [1.165, 1.54) is 141 Å². The highest BCUT2D eigenvalue weighted by Gasteiger charge is 2.26. The van der Waals surface area contributed by atoms with E-state index >= 15 is 0 Å². The third-order valence-electron chi connectivity index (χ3n) is 7.47. The fourth-order valence-corrected chi connectivity index (χ4v) is 5.31. The Bertz CT molecular complexity index is 596. The number of unbranched alkanes of at least 4 members (excludes halogenated alkanes) is 17. The first-order valence-electron chi connectivity index (χ1n) is 15.1. The molecule has 0 aliphatic carbocycles. The van der Waals surface area contributed by atoms with Gasteiger partial charge in [0.05, 0.1) is 0 Å². The lowest BCUT2D eigenvalue weighted by Crippen LogP contribution is -2.32. The van der Waals surface area contributed by atoms with E-state index in [1.807, 2.05) is 0 Å². The lowest BCUT2D eigenvalue weighted by Gasteiger charge is -2.33. The van der Waals surface area contributed by atoms with E-state index in [0.717, 1.165) is 0 Å². The zero-order chi connectivity index (χ0) is 24.1. The monoisotopic (exact) mass is 468 g/mol. The van der Waals surface area contributed by atoms with Crippen LogP contribution in [0.15, 0.2) is 42.7 Å². The minimum atomic E-state index is 0.397. The molecule has 2 nitrogen and oxygen atoms in total. The van der Waals surface area contributed by atoms with Gasteiger partial charge < -0.3 is 9.80 Å². The van der Waals surface area contributed by atoms with Crippen LogP contribution in [0.2, 0.25) is 0 Å². The van der Waals surface area contributed by atoms with Crippen molar-refractivity contribution in [2.75, 3.05) is 13.1 Å². The fourth-order valence-electron chi connectivity index (χ4n) is 5.31. The minimum absolute atomic E-state index is 0.397. The SMILES string of the molecule is CCCCCCCCCCCCCCN1C=CN(CCCCCCCCC)C1c1ccccc1. The lowest BCUT2D eigenvalue weighted by atomic mass is 10.1. The second kappa shape index (κ2) is 19.8. The average molecular weight is 469 g/mol. The van der Waals surface area contributed by atoms with Gasteiger partial charge in [-0.15, -0.1) is 0 Å². The predicted octanol–water partition coefficient (Wildman–Crippen LogP) is 10.2. The maximum atomic E-state index is 2.59. The zero-order valence-corrected chi connectivity index (χ0v) is 22.9. The summed E-state index contributed by atoms with van der Waals surface area (Å²) in [6.45, 7) is 6.96. The molecule has 1 heterocycles. The molecular formula is C32H56N2. The normalized spacial score (nSPS) is 15.5. The first-order valence-corrected chi connectivity index (χ1v) is 15.1.